The van der Waals surface area contributed by atoms with Gasteiger partial charge in [0.25, 0.3) is 0 Å². The van der Waals surface area contributed by atoms with E-state index in [0.717, 1.165) is 16.7 Å². The highest BCUT2D eigenvalue weighted by molar-refractivity contribution is 5.84. The van der Waals surface area contributed by atoms with Crippen LogP contribution in [0, 0.1) is 5.92 Å². The molecule has 0 aliphatic carbocycles. The predicted octanol–water partition coefficient (Wildman–Crippen LogP) is 1.92. The van der Waals surface area contributed by atoms with E-state index in [0.29, 0.717) is 17.2 Å². The first kappa shape index (κ1) is 21.0. The Bertz CT molecular complexity index is 810. The summed E-state index contributed by atoms with van der Waals surface area (Å²) in [6.45, 7) is 0. The highest BCUT2D eigenvalue weighted by Crippen LogP contribution is 2.41. The molecule has 0 aliphatic heterocycles. The van der Waals surface area contributed by atoms with Crippen LogP contribution in [0.25, 0.3) is 11.1 Å². The summed E-state index contributed by atoms with van der Waals surface area (Å²) < 4.78 is 16.1. The summed E-state index contributed by atoms with van der Waals surface area (Å²) in [4.78, 5) is 22.9. The molecule has 2 rings (SSSR count). The molecule has 2 amide bonds. The Hall–Kier alpha value is -3.26. The van der Waals surface area contributed by atoms with E-state index in [-0.39, 0.29) is 12.8 Å². The maximum atomic E-state index is 11.6. The van der Waals surface area contributed by atoms with Gasteiger partial charge < -0.3 is 19.9 Å². The van der Waals surface area contributed by atoms with E-state index < -0.39 is 17.7 Å². The Morgan fingerprint density at radius 1 is 1.00 bits per heavy atom. The number of ether oxygens (including phenoxy) is 3. The quantitative estimate of drug-likeness (QED) is 0.446. The molecule has 0 heterocycles. The Morgan fingerprint density at radius 2 is 1.57 bits per heavy atom. The zero-order valence-electron chi connectivity index (χ0n) is 16.0. The minimum atomic E-state index is -0.709. The molecular formula is C20H24N2O6. The van der Waals surface area contributed by atoms with Crippen LogP contribution in [0.4, 0.5) is 0 Å². The number of hydrogen-bond acceptors (Lipinski definition) is 6. The minimum absolute atomic E-state index is 0.180. The second kappa shape index (κ2) is 9.61. The molecule has 0 saturated carbocycles. The molecule has 150 valence electrons. The molecule has 0 aromatic heterocycles. The Balaban J connectivity index is 2.26. The van der Waals surface area contributed by atoms with Gasteiger partial charge in [0.05, 0.1) is 27.2 Å². The van der Waals surface area contributed by atoms with Crippen molar-refractivity contribution in [1.29, 1.82) is 0 Å². The number of hydrogen-bond donors (Lipinski definition) is 3. The summed E-state index contributed by atoms with van der Waals surface area (Å²) in [6.07, 6.45) is 0.110. The van der Waals surface area contributed by atoms with Crippen LogP contribution < -0.4 is 25.4 Å². The van der Waals surface area contributed by atoms with Crippen LogP contribution in [0.5, 0.6) is 17.2 Å². The van der Waals surface area contributed by atoms with Gasteiger partial charge in [-0.15, -0.1) is 0 Å². The van der Waals surface area contributed by atoms with E-state index in [1.807, 2.05) is 36.4 Å². The van der Waals surface area contributed by atoms with Crippen LogP contribution in [0.3, 0.4) is 0 Å². The zero-order valence-corrected chi connectivity index (χ0v) is 16.0. The van der Waals surface area contributed by atoms with Gasteiger partial charge >= 0.3 is 0 Å². The van der Waals surface area contributed by atoms with Crippen LogP contribution in [0.15, 0.2) is 36.4 Å². The van der Waals surface area contributed by atoms with Crippen LogP contribution in [0.1, 0.15) is 12.0 Å². The van der Waals surface area contributed by atoms with Crippen molar-refractivity contribution in [3.63, 3.8) is 0 Å². The largest absolute Gasteiger partial charge is 0.493 e. The third-order valence-electron chi connectivity index (χ3n) is 4.39. The van der Waals surface area contributed by atoms with Crippen LogP contribution in [-0.2, 0) is 16.0 Å². The van der Waals surface area contributed by atoms with Gasteiger partial charge in [0, 0.05) is 6.42 Å². The van der Waals surface area contributed by atoms with E-state index >= 15 is 0 Å². The van der Waals surface area contributed by atoms with E-state index in [1.165, 1.54) is 5.48 Å². The van der Waals surface area contributed by atoms with Crippen molar-refractivity contribution >= 4 is 11.8 Å². The molecule has 0 fully saturated rings. The van der Waals surface area contributed by atoms with Gasteiger partial charge in [0.1, 0.15) is 0 Å². The minimum Gasteiger partial charge on any atom is -0.493 e. The molecule has 0 bridgehead atoms. The van der Waals surface area contributed by atoms with Gasteiger partial charge in [-0.3, -0.25) is 14.8 Å². The fourth-order valence-electron chi connectivity index (χ4n) is 2.91. The number of carbonyl (C=O) groups excluding carboxylic acids is 2. The van der Waals surface area contributed by atoms with Crippen molar-refractivity contribution in [2.24, 2.45) is 11.7 Å². The number of nitrogens with one attached hydrogen (secondary N) is 1. The molecule has 4 N–H and O–H groups in total. The number of amides is 2. The molecule has 0 aliphatic rings. The molecule has 2 aromatic carbocycles. The van der Waals surface area contributed by atoms with Crippen molar-refractivity contribution in [3.05, 3.63) is 42.0 Å². The van der Waals surface area contributed by atoms with E-state index in [4.69, 9.17) is 25.2 Å². The summed E-state index contributed by atoms with van der Waals surface area (Å²) >= 11 is 0. The van der Waals surface area contributed by atoms with Crippen molar-refractivity contribution in [1.82, 2.24) is 5.48 Å². The second-order valence-electron chi connectivity index (χ2n) is 6.15. The summed E-state index contributed by atoms with van der Waals surface area (Å²) in [5.41, 5.74) is 9.49. The van der Waals surface area contributed by atoms with Crippen molar-refractivity contribution in [2.75, 3.05) is 21.3 Å². The molecule has 28 heavy (non-hydrogen) atoms. The standard InChI is InChI=1S/C20H24N2O6/c1-26-16-9-14(10-17(27-2)19(16)28-3)13-6-4-12(5-7-13)8-15(20(21)24)11-18(23)22-25/h4-7,9-10,15,25H,8,11H2,1-3H3,(H2,21,24)(H,22,23)/t15-/m1/s1. The van der Waals surface area contributed by atoms with Gasteiger partial charge in [-0.25, -0.2) is 5.48 Å². The molecule has 1 atom stereocenters. The van der Waals surface area contributed by atoms with E-state index in [1.54, 1.807) is 21.3 Å². The van der Waals surface area contributed by atoms with E-state index in [2.05, 4.69) is 0 Å². The number of hydroxylamine groups is 1. The van der Waals surface area contributed by atoms with Gasteiger partial charge in [-0.05, 0) is 35.2 Å². The number of carbonyl (C=O) groups is 2. The maximum Gasteiger partial charge on any atom is 0.244 e. The molecular weight excluding hydrogens is 364 g/mol. The lowest BCUT2D eigenvalue weighted by molar-refractivity contribution is -0.133. The van der Waals surface area contributed by atoms with Crippen molar-refractivity contribution in [2.45, 2.75) is 12.8 Å². The molecule has 0 spiro atoms. The average Bonchev–Trinajstić information content (AvgIpc) is 2.72. The zero-order chi connectivity index (χ0) is 20.7. The lowest BCUT2D eigenvalue weighted by Gasteiger charge is -2.15. The van der Waals surface area contributed by atoms with Gasteiger partial charge in [0.15, 0.2) is 11.5 Å². The Morgan fingerprint density at radius 3 is 2.00 bits per heavy atom. The Labute approximate surface area is 163 Å². The first-order valence-corrected chi connectivity index (χ1v) is 8.55. The smallest absolute Gasteiger partial charge is 0.244 e. The molecule has 0 unspecified atom stereocenters. The average molecular weight is 388 g/mol. The number of benzene rings is 2. The molecule has 8 heteroatoms. The summed E-state index contributed by atoms with van der Waals surface area (Å²) in [6, 6.07) is 11.2. The third kappa shape index (κ3) is 4.92. The maximum absolute atomic E-state index is 11.6. The molecule has 0 saturated heterocycles. The number of rotatable bonds is 9. The predicted molar refractivity (Wildman–Crippen MR) is 102 cm³/mol. The number of primary amides is 1. The number of nitrogens with two attached hydrogens (primary N) is 1. The van der Waals surface area contributed by atoms with Crippen LogP contribution >= 0.6 is 0 Å². The monoisotopic (exact) mass is 388 g/mol. The summed E-state index contributed by atoms with van der Waals surface area (Å²) in [7, 11) is 4.65. The topological polar surface area (TPSA) is 120 Å². The third-order valence-corrected chi connectivity index (χ3v) is 4.39. The highest BCUT2D eigenvalue weighted by atomic mass is 16.5. The van der Waals surface area contributed by atoms with Gasteiger partial charge in [0.2, 0.25) is 17.6 Å². The first-order chi connectivity index (χ1) is 13.4. The fraction of sp³-hybridized carbons (Fsp3) is 0.300. The van der Waals surface area contributed by atoms with E-state index in [9.17, 15) is 9.59 Å². The second-order valence-corrected chi connectivity index (χ2v) is 6.15. The van der Waals surface area contributed by atoms with Gasteiger partial charge in [-0.1, -0.05) is 24.3 Å². The van der Waals surface area contributed by atoms with Gasteiger partial charge in [-0.2, -0.15) is 0 Å². The Kier molecular flexibility index (Phi) is 7.22. The molecule has 2 aromatic rings. The molecule has 0 radical (unpaired) electrons. The summed E-state index contributed by atoms with van der Waals surface area (Å²) in [5, 5.41) is 8.64. The fourth-order valence-corrected chi connectivity index (χ4v) is 2.91. The molecule has 8 nitrogen and oxygen atoms in total. The lowest BCUT2D eigenvalue weighted by atomic mass is 9.94. The highest BCUT2D eigenvalue weighted by Gasteiger charge is 2.20. The van der Waals surface area contributed by atoms with Crippen molar-refractivity contribution < 1.29 is 29.0 Å². The number of methoxy groups -OCH3 is 3. The van der Waals surface area contributed by atoms with Crippen molar-refractivity contribution in [3.8, 4) is 28.4 Å². The SMILES string of the molecule is COc1cc(-c2ccc(C[C@H](CC(=O)NO)C(N)=O)cc2)cc(OC)c1OC. The lowest BCUT2D eigenvalue weighted by Crippen LogP contribution is -2.31. The first-order valence-electron chi connectivity index (χ1n) is 8.55. The normalized spacial score (nSPS) is 11.4. The van der Waals surface area contributed by atoms with Crippen LogP contribution in [-0.4, -0.2) is 38.4 Å². The van der Waals surface area contributed by atoms with Crippen LogP contribution in [0.2, 0.25) is 0 Å². The summed E-state index contributed by atoms with van der Waals surface area (Å²) in [5.74, 6) is -0.361.